The second-order valence-corrected chi connectivity index (χ2v) is 5.51. The Bertz CT molecular complexity index is 261. The lowest BCUT2D eigenvalue weighted by molar-refractivity contribution is 0.210. The number of rotatable bonds is 1. The lowest BCUT2D eigenvalue weighted by atomic mass is 9.65. The molecule has 2 unspecified atom stereocenters. The average molecular weight is 203 g/mol. The fourth-order valence-corrected chi connectivity index (χ4v) is 3.15. The van der Waals surface area contributed by atoms with E-state index in [2.05, 4.69) is 38.2 Å². The quantitative estimate of drug-likeness (QED) is 0.543. The van der Waals surface area contributed by atoms with E-state index in [1.54, 1.807) is 5.92 Å². The Morgan fingerprint density at radius 3 is 2.80 bits per heavy atom. The molecular formula is C15H23. The third-order valence-electron chi connectivity index (χ3n) is 4.19. The van der Waals surface area contributed by atoms with Crippen LogP contribution < -0.4 is 0 Å². The highest BCUT2D eigenvalue weighted by Gasteiger charge is 2.36. The molecule has 0 bridgehead atoms. The zero-order valence-corrected chi connectivity index (χ0v) is 10.1. The summed E-state index contributed by atoms with van der Waals surface area (Å²) in [4.78, 5) is 0. The van der Waals surface area contributed by atoms with Crippen molar-refractivity contribution < 1.29 is 0 Å². The van der Waals surface area contributed by atoms with Crippen LogP contribution in [-0.4, -0.2) is 0 Å². The zero-order valence-electron chi connectivity index (χ0n) is 10.1. The van der Waals surface area contributed by atoms with Crippen molar-refractivity contribution in [2.24, 2.45) is 11.3 Å². The SMILES string of the molecule is C[C]1CCCC=CC1C1(C)CC=CCC1. The maximum Gasteiger partial charge on any atom is -0.0117 e. The molecule has 0 saturated heterocycles. The van der Waals surface area contributed by atoms with E-state index in [4.69, 9.17) is 0 Å². The molecule has 83 valence electrons. The van der Waals surface area contributed by atoms with E-state index in [0.717, 1.165) is 5.92 Å². The second-order valence-electron chi connectivity index (χ2n) is 5.51. The molecule has 0 nitrogen and oxygen atoms in total. The van der Waals surface area contributed by atoms with Crippen LogP contribution in [0.3, 0.4) is 0 Å². The molecule has 0 aromatic carbocycles. The zero-order chi connectivity index (χ0) is 10.7. The van der Waals surface area contributed by atoms with Crippen LogP contribution in [0.4, 0.5) is 0 Å². The Morgan fingerprint density at radius 1 is 1.20 bits per heavy atom. The highest BCUT2D eigenvalue weighted by atomic mass is 14.4. The second kappa shape index (κ2) is 4.55. The molecule has 0 aromatic heterocycles. The minimum atomic E-state index is 0.500. The van der Waals surface area contributed by atoms with Gasteiger partial charge in [-0.05, 0) is 55.8 Å². The summed E-state index contributed by atoms with van der Waals surface area (Å²) in [5.41, 5.74) is 0.500. The van der Waals surface area contributed by atoms with Gasteiger partial charge >= 0.3 is 0 Å². The summed E-state index contributed by atoms with van der Waals surface area (Å²) in [7, 11) is 0. The van der Waals surface area contributed by atoms with Gasteiger partial charge in [0.25, 0.3) is 0 Å². The molecular weight excluding hydrogens is 180 g/mol. The van der Waals surface area contributed by atoms with Crippen molar-refractivity contribution in [3.8, 4) is 0 Å². The van der Waals surface area contributed by atoms with E-state index >= 15 is 0 Å². The van der Waals surface area contributed by atoms with Crippen molar-refractivity contribution in [3.05, 3.63) is 30.2 Å². The van der Waals surface area contributed by atoms with Crippen molar-refractivity contribution in [3.63, 3.8) is 0 Å². The van der Waals surface area contributed by atoms with Crippen molar-refractivity contribution in [1.82, 2.24) is 0 Å². The molecule has 1 radical (unpaired) electrons. The molecule has 0 fully saturated rings. The highest BCUT2D eigenvalue weighted by molar-refractivity contribution is 5.15. The Hall–Kier alpha value is -0.520. The van der Waals surface area contributed by atoms with Crippen molar-refractivity contribution in [1.29, 1.82) is 0 Å². The van der Waals surface area contributed by atoms with Gasteiger partial charge in [0, 0.05) is 0 Å². The van der Waals surface area contributed by atoms with Gasteiger partial charge in [-0.2, -0.15) is 0 Å². The molecule has 2 atom stereocenters. The molecule has 0 N–H and O–H groups in total. The first-order chi connectivity index (χ1) is 7.22. The van der Waals surface area contributed by atoms with Gasteiger partial charge in [0.05, 0.1) is 0 Å². The van der Waals surface area contributed by atoms with Gasteiger partial charge in [-0.1, -0.05) is 38.2 Å². The maximum absolute atomic E-state index is 2.49. The van der Waals surface area contributed by atoms with E-state index in [1.165, 1.54) is 38.5 Å². The van der Waals surface area contributed by atoms with Crippen LogP contribution in [0.1, 0.15) is 52.4 Å². The molecule has 0 amide bonds. The maximum atomic E-state index is 2.49. The normalized spacial score (nSPS) is 37.9. The summed E-state index contributed by atoms with van der Waals surface area (Å²) in [5.74, 6) is 2.44. The molecule has 15 heavy (non-hydrogen) atoms. The topological polar surface area (TPSA) is 0 Å². The monoisotopic (exact) mass is 203 g/mol. The van der Waals surface area contributed by atoms with E-state index in [-0.39, 0.29) is 0 Å². The van der Waals surface area contributed by atoms with Crippen LogP contribution in [0.25, 0.3) is 0 Å². The molecule has 0 spiro atoms. The van der Waals surface area contributed by atoms with Gasteiger partial charge in [0.1, 0.15) is 0 Å². The van der Waals surface area contributed by atoms with Gasteiger partial charge in [-0.3, -0.25) is 0 Å². The Labute approximate surface area is 94.5 Å². The lowest BCUT2D eigenvalue weighted by Gasteiger charge is -2.40. The first-order valence-electron chi connectivity index (χ1n) is 6.36. The minimum Gasteiger partial charge on any atom is -0.0885 e. The summed E-state index contributed by atoms with van der Waals surface area (Å²) in [5, 5.41) is 0. The third-order valence-corrected chi connectivity index (χ3v) is 4.19. The lowest BCUT2D eigenvalue weighted by Crippen LogP contribution is -2.30. The predicted molar refractivity (Wildman–Crippen MR) is 66.5 cm³/mol. The molecule has 2 aliphatic rings. The molecule has 0 saturated carbocycles. The Balaban J connectivity index is 2.15. The number of hydrogen-bond acceptors (Lipinski definition) is 0. The fourth-order valence-electron chi connectivity index (χ4n) is 3.15. The van der Waals surface area contributed by atoms with Crippen LogP contribution in [0.15, 0.2) is 24.3 Å². The Kier molecular flexibility index (Phi) is 3.33. The van der Waals surface area contributed by atoms with Crippen LogP contribution in [0.2, 0.25) is 0 Å². The number of allylic oxidation sites excluding steroid dienone is 4. The Morgan fingerprint density at radius 2 is 2.07 bits per heavy atom. The van der Waals surface area contributed by atoms with Crippen LogP contribution >= 0.6 is 0 Å². The molecule has 0 aliphatic heterocycles. The van der Waals surface area contributed by atoms with E-state index in [1.807, 2.05) is 0 Å². The molecule has 2 aliphatic carbocycles. The van der Waals surface area contributed by atoms with Gasteiger partial charge in [0.15, 0.2) is 0 Å². The predicted octanol–water partition coefficient (Wildman–Crippen LogP) is 4.68. The molecule has 0 heteroatoms. The van der Waals surface area contributed by atoms with Crippen molar-refractivity contribution in [2.75, 3.05) is 0 Å². The average Bonchev–Trinajstić information content (AvgIpc) is 2.44. The first kappa shape index (κ1) is 11.0. The fraction of sp³-hybridized carbons (Fsp3) is 0.667. The molecule has 0 heterocycles. The minimum absolute atomic E-state index is 0.500. The van der Waals surface area contributed by atoms with Crippen LogP contribution in [0, 0.1) is 17.3 Å². The van der Waals surface area contributed by atoms with E-state index < -0.39 is 0 Å². The van der Waals surface area contributed by atoms with E-state index in [9.17, 15) is 0 Å². The summed E-state index contributed by atoms with van der Waals surface area (Å²) < 4.78 is 0. The number of hydrogen-bond donors (Lipinski definition) is 0. The van der Waals surface area contributed by atoms with Gasteiger partial charge in [-0.25, -0.2) is 0 Å². The molecule has 0 aromatic rings. The highest BCUT2D eigenvalue weighted by Crippen LogP contribution is 2.46. The standard InChI is InChI=1S/C15H23/c1-13-9-5-3-6-10-14(13)15(2)11-7-4-8-12-15/h4,6-7,10,14H,3,5,8-9,11-12H2,1-2H3. The summed E-state index contributed by atoms with van der Waals surface area (Å²) >= 11 is 0. The van der Waals surface area contributed by atoms with Crippen LogP contribution in [0.5, 0.6) is 0 Å². The largest absolute Gasteiger partial charge is 0.0885 e. The van der Waals surface area contributed by atoms with Gasteiger partial charge < -0.3 is 0 Å². The van der Waals surface area contributed by atoms with Crippen LogP contribution in [-0.2, 0) is 0 Å². The van der Waals surface area contributed by atoms with Crippen molar-refractivity contribution in [2.45, 2.75) is 52.4 Å². The molecule has 2 rings (SSSR count). The van der Waals surface area contributed by atoms with Crippen molar-refractivity contribution >= 4 is 0 Å². The summed E-state index contributed by atoms with van der Waals surface area (Å²) in [6.07, 6.45) is 17.5. The van der Waals surface area contributed by atoms with Gasteiger partial charge in [0.2, 0.25) is 0 Å². The first-order valence-corrected chi connectivity index (χ1v) is 6.36. The van der Waals surface area contributed by atoms with Gasteiger partial charge in [-0.15, -0.1) is 0 Å². The summed E-state index contributed by atoms with van der Waals surface area (Å²) in [6, 6.07) is 0. The summed E-state index contributed by atoms with van der Waals surface area (Å²) in [6.45, 7) is 4.84. The smallest absolute Gasteiger partial charge is 0.0117 e. The third kappa shape index (κ3) is 2.35. The van der Waals surface area contributed by atoms with E-state index in [0.29, 0.717) is 5.41 Å².